The molecule has 88 valence electrons. The highest BCUT2D eigenvalue weighted by atomic mass is 19.4. The molecule has 0 saturated carbocycles. The average Bonchev–Trinajstić information content (AvgIpc) is 2.25. The number of pyridine rings is 1. The van der Waals surface area contributed by atoms with Gasteiger partial charge in [0, 0.05) is 6.20 Å². The number of esters is 1. The minimum absolute atomic E-state index is 0.614. The van der Waals surface area contributed by atoms with Crippen molar-refractivity contribution in [2.75, 3.05) is 13.7 Å². The molecule has 0 bridgehead atoms. The number of halogens is 3. The Morgan fingerprint density at radius 3 is 2.75 bits per heavy atom. The molecular formula is C9H8F3NO3. The second-order valence-electron chi connectivity index (χ2n) is 2.72. The molecule has 0 spiro atoms. The van der Waals surface area contributed by atoms with Crippen molar-refractivity contribution in [2.45, 2.75) is 6.18 Å². The topological polar surface area (TPSA) is 48.4 Å². The molecule has 0 aromatic carbocycles. The van der Waals surface area contributed by atoms with Crippen LogP contribution in [0.25, 0.3) is 0 Å². The number of carbonyl (C=O) groups excluding carboxylic acids is 1. The fraction of sp³-hybridized carbons (Fsp3) is 0.333. The van der Waals surface area contributed by atoms with Crippen molar-refractivity contribution in [3.05, 3.63) is 23.9 Å². The minimum Gasteiger partial charge on any atom is -0.466 e. The van der Waals surface area contributed by atoms with Gasteiger partial charge in [0.25, 0.3) is 0 Å². The molecule has 1 rings (SSSR count). The quantitative estimate of drug-likeness (QED) is 0.747. The van der Waals surface area contributed by atoms with Crippen molar-refractivity contribution < 1.29 is 27.4 Å². The highest BCUT2D eigenvalue weighted by Gasteiger charge is 2.35. The second kappa shape index (κ2) is 4.82. The normalized spacial score (nSPS) is 11.0. The molecule has 0 aliphatic carbocycles. The van der Waals surface area contributed by atoms with E-state index in [1.165, 1.54) is 0 Å². The summed E-state index contributed by atoms with van der Waals surface area (Å²) in [6.45, 7) is -0.614. The number of hydrogen-bond donors (Lipinski definition) is 0. The van der Waals surface area contributed by atoms with Gasteiger partial charge in [-0.05, 0) is 12.1 Å². The molecule has 0 aliphatic rings. The van der Waals surface area contributed by atoms with Crippen molar-refractivity contribution in [1.82, 2.24) is 4.98 Å². The Labute approximate surface area is 89.0 Å². The van der Waals surface area contributed by atoms with E-state index >= 15 is 0 Å². The highest BCUT2D eigenvalue weighted by molar-refractivity contribution is 5.70. The molecule has 1 aromatic rings. The van der Waals surface area contributed by atoms with Gasteiger partial charge < -0.3 is 9.47 Å². The number of ether oxygens (including phenoxy) is 2. The maximum atomic E-state index is 12.4. The molecule has 0 aliphatic heterocycles. The smallest absolute Gasteiger partial charge is 0.421 e. The van der Waals surface area contributed by atoms with E-state index in [2.05, 4.69) is 14.5 Å². The van der Waals surface area contributed by atoms with E-state index in [1.807, 2.05) is 0 Å². The van der Waals surface area contributed by atoms with E-state index in [4.69, 9.17) is 0 Å². The Balaban J connectivity index is 2.84. The molecule has 1 heterocycles. The summed E-state index contributed by atoms with van der Waals surface area (Å²) in [5.74, 6) is -1.42. The Hall–Kier alpha value is -1.79. The minimum atomic E-state index is -4.57. The summed E-state index contributed by atoms with van der Waals surface area (Å²) >= 11 is 0. The van der Waals surface area contributed by atoms with Crippen LogP contribution in [-0.4, -0.2) is 24.7 Å². The summed E-state index contributed by atoms with van der Waals surface area (Å²) in [7, 11) is 1.11. The van der Waals surface area contributed by atoms with Gasteiger partial charge in [-0.2, -0.15) is 13.2 Å². The molecule has 0 amide bonds. The van der Waals surface area contributed by atoms with Crippen LogP contribution in [0.2, 0.25) is 0 Å². The molecule has 0 atom stereocenters. The summed E-state index contributed by atoms with van der Waals surface area (Å²) in [6.07, 6.45) is -3.43. The predicted octanol–water partition coefficient (Wildman–Crippen LogP) is 1.65. The highest BCUT2D eigenvalue weighted by Crippen LogP contribution is 2.34. The van der Waals surface area contributed by atoms with E-state index < -0.39 is 30.2 Å². The number of methoxy groups -OCH3 is 1. The van der Waals surface area contributed by atoms with E-state index in [0.29, 0.717) is 0 Å². The first-order valence-electron chi connectivity index (χ1n) is 4.17. The zero-order chi connectivity index (χ0) is 12.2. The monoisotopic (exact) mass is 235 g/mol. The number of aromatic nitrogens is 1. The first-order valence-corrected chi connectivity index (χ1v) is 4.17. The Kier molecular flexibility index (Phi) is 3.70. The van der Waals surface area contributed by atoms with Crippen molar-refractivity contribution in [1.29, 1.82) is 0 Å². The maximum Gasteiger partial charge on any atom is 0.421 e. The third kappa shape index (κ3) is 3.11. The lowest BCUT2D eigenvalue weighted by molar-refractivity contribution is -0.146. The Bertz CT molecular complexity index is 379. The molecule has 7 heteroatoms. The number of alkyl halides is 3. The molecule has 0 fully saturated rings. The number of rotatable bonds is 3. The number of nitrogens with zero attached hydrogens (tertiary/aromatic N) is 1. The molecule has 0 saturated heterocycles. The van der Waals surface area contributed by atoms with Crippen molar-refractivity contribution in [2.24, 2.45) is 0 Å². The molecule has 0 N–H and O–H groups in total. The standard InChI is InChI=1S/C9H8F3NO3/c1-15-7(14)5-16-8-6(9(10,11)12)3-2-4-13-8/h2-4H,5H2,1H3. The van der Waals surface area contributed by atoms with E-state index in [9.17, 15) is 18.0 Å². The largest absolute Gasteiger partial charge is 0.466 e. The molecule has 1 aromatic heterocycles. The van der Waals surface area contributed by atoms with Crippen LogP contribution in [0, 0.1) is 0 Å². The van der Waals surface area contributed by atoms with Crippen molar-refractivity contribution >= 4 is 5.97 Å². The van der Waals surface area contributed by atoms with E-state index in [-0.39, 0.29) is 0 Å². The third-order valence-electron chi connectivity index (χ3n) is 1.63. The van der Waals surface area contributed by atoms with Gasteiger partial charge in [0.05, 0.1) is 7.11 Å². The van der Waals surface area contributed by atoms with Gasteiger partial charge >= 0.3 is 12.1 Å². The fourth-order valence-corrected chi connectivity index (χ4v) is 0.908. The molecule has 16 heavy (non-hydrogen) atoms. The van der Waals surface area contributed by atoms with Crippen molar-refractivity contribution in [3.63, 3.8) is 0 Å². The molecule has 4 nitrogen and oxygen atoms in total. The van der Waals surface area contributed by atoms with Gasteiger partial charge in [-0.3, -0.25) is 0 Å². The molecule has 0 unspecified atom stereocenters. The van der Waals surface area contributed by atoms with Crippen LogP contribution in [0.1, 0.15) is 5.56 Å². The summed E-state index contributed by atoms with van der Waals surface area (Å²) < 4.78 is 46.1. The molecule has 0 radical (unpaired) electrons. The van der Waals surface area contributed by atoms with Crippen LogP contribution in [-0.2, 0) is 15.7 Å². The van der Waals surface area contributed by atoms with Gasteiger partial charge in [0.1, 0.15) is 5.56 Å². The van der Waals surface area contributed by atoms with E-state index in [0.717, 1.165) is 25.4 Å². The van der Waals surface area contributed by atoms with Crippen LogP contribution >= 0.6 is 0 Å². The van der Waals surface area contributed by atoms with Gasteiger partial charge in [-0.1, -0.05) is 0 Å². The first-order chi connectivity index (χ1) is 7.45. The first kappa shape index (κ1) is 12.3. The summed E-state index contributed by atoms with van der Waals surface area (Å²) in [4.78, 5) is 14.1. The zero-order valence-electron chi connectivity index (χ0n) is 8.25. The van der Waals surface area contributed by atoms with E-state index in [1.54, 1.807) is 0 Å². The lowest BCUT2D eigenvalue weighted by atomic mass is 10.2. The van der Waals surface area contributed by atoms with Crippen LogP contribution in [0.15, 0.2) is 18.3 Å². The summed E-state index contributed by atoms with van der Waals surface area (Å²) in [6, 6.07) is 1.95. The average molecular weight is 235 g/mol. The van der Waals surface area contributed by atoms with Crippen molar-refractivity contribution in [3.8, 4) is 5.88 Å². The maximum absolute atomic E-state index is 12.4. The molecular weight excluding hydrogens is 227 g/mol. The fourth-order valence-electron chi connectivity index (χ4n) is 0.908. The van der Waals surface area contributed by atoms with Gasteiger partial charge in [0.15, 0.2) is 6.61 Å². The second-order valence-corrected chi connectivity index (χ2v) is 2.72. The van der Waals surface area contributed by atoms with Crippen LogP contribution in [0.4, 0.5) is 13.2 Å². The summed E-state index contributed by atoms with van der Waals surface area (Å²) in [5.41, 5.74) is -1.03. The Morgan fingerprint density at radius 2 is 2.19 bits per heavy atom. The number of carbonyl (C=O) groups is 1. The Morgan fingerprint density at radius 1 is 1.50 bits per heavy atom. The van der Waals surface area contributed by atoms with Gasteiger partial charge in [-0.15, -0.1) is 0 Å². The van der Waals surface area contributed by atoms with Gasteiger partial charge in [0.2, 0.25) is 5.88 Å². The van der Waals surface area contributed by atoms with Crippen LogP contribution in [0.3, 0.4) is 0 Å². The zero-order valence-corrected chi connectivity index (χ0v) is 8.25. The number of hydrogen-bond acceptors (Lipinski definition) is 4. The predicted molar refractivity (Wildman–Crippen MR) is 46.8 cm³/mol. The lowest BCUT2D eigenvalue weighted by Crippen LogP contribution is -2.16. The lowest BCUT2D eigenvalue weighted by Gasteiger charge is -2.11. The van der Waals surface area contributed by atoms with Gasteiger partial charge in [-0.25, -0.2) is 9.78 Å². The third-order valence-corrected chi connectivity index (χ3v) is 1.63. The van der Waals surface area contributed by atoms with Crippen LogP contribution in [0.5, 0.6) is 5.88 Å². The summed E-state index contributed by atoms with van der Waals surface area (Å²) in [5, 5.41) is 0. The van der Waals surface area contributed by atoms with Crippen LogP contribution < -0.4 is 4.74 Å². The SMILES string of the molecule is COC(=O)COc1ncccc1C(F)(F)F.